The number of aromatic nitrogens is 1. The largest absolute Gasteiger partial charge is 0.341 e. The highest BCUT2D eigenvalue weighted by atomic mass is 35.5. The zero-order valence-corrected chi connectivity index (χ0v) is 18.8. The second-order valence-electron chi connectivity index (χ2n) is 8.07. The average Bonchev–Trinajstić information content (AvgIpc) is 3.12. The number of likely N-dealkylation sites (tertiary alicyclic amines) is 2. The van der Waals surface area contributed by atoms with Crippen LogP contribution in [0.25, 0.3) is 10.8 Å². The molecule has 2 amide bonds. The lowest BCUT2D eigenvalue weighted by molar-refractivity contribution is -0.143. The van der Waals surface area contributed by atoms with Crippen LogP contribution in [0.3, 0.4) is 0 Å². The highest BCUT2D eigenvalue weighted by Gasteiger charge is 2.40. The topological polar surface area (TPSA) is 99.7 Å². The first-order valence-corrected chi connectivity index (χ1v) is 12.3. The van der Waals surface area contributed by atoms with Crippen LogP contribution in [-0.2, 0) is 19.6 Å². The summed E-state index contributed by atoms with van der Waals surface area (Å²) in [4.78, 5) is 33.0. The minimum Gasteiger partial charge on any atom is -0.341 e. The van der Waals surface area contributed by atoms with Gasteiger partial charge in [0.25, 0.3) is 0 Å². The van der Waals surface area contributed by atoms with E-state index < -0.39 is 22.1 Å². The van der Waals surface area contributed by atoms with Gasteiger partial charge in [0.2, 0.25) is 21.8 Å². The van der Waals surface area contributed by atoms with Gasteiger partial charge in [-0.25, -0.2) is 13.4 Å². The second-order valence-corrected chi connectivity index (χ2v) is 10.2. The van der Waals surface area contributed by atoms with E-state index in [1.165, 1.54) is 23.2 Å². The molecule has 2 aliphatic heterocycles. The zero-order valence-electron chi connectivity index (χ0n) is 17.3. The molecular weight excluding hydrogens is 440 g/mol. The third-order valence-corrected chi connectivity index (χ3v) is 7.68. The van der Waals surface area contributed by atoms with E-state index in [1.807, 2.05) is 0 Å². The minimum absolute atomic E-state index is 0.0489. The molecular formula is C21H25ClN4O4S. The number of rotatable bonds is 5. The highest BCUT2D eigenvalue weighted by molar-refractivity contribution is 7.89. The smallest absolute Gasteiger partial charge is 0.245 e. The van der Waals surface area contributed by atoms with Crippen molar-refractivity contribution in [3.05, 3.63) is 35.6 Å². The molecule has 8 nitrogen and oxygen atoms in total. The molecule has 166 valence electrons. The molecule has 2 saturated heterocycles. The van der Waals surface area contributed by atoms with Gasteiger partial charge in [-0.1, -0.05) is 17.7 Å². The fraction of sp³-hybridized carbons (Fsp3) is 0.476. The number of fused-ring (bicyclic) bond motifs is 1. The normalized spacial score (nSPS) is 21.0. The molecule has 2 aliphatic rings. The van der Waals surface area contributed by atoms with E-state index in [0.717, 1.165) is 24.6 Å². The molecule has 2 atom stereocenters. The van der Waals surface area contributed by atoms with Gasteiger partial charge in [-0.15, -0.1) is 0 Å². The zero-order chi connectivity index (χ0) is 22.2. The molecule has 2 aromatic rings. The lowest BCUT2D eigenvalue weighted by Crippen LogP contribution is -2.51. The highest BCUT2D eigenvalue weighted by Crippen LogP contribution is 2.23. The van der Waals surface area contributed by atoms with Gasteiger partial charge in [0.1, 0.15) is 17.2 Å². The Kier molecular flexibility index (Phi) is 6.18. The molecule has 2 fully saturated rings. The van der Waals surface area contributed by atoms with E-state index in [0.29, 0.717) is 36.6 Å². The summed E-state index contributed by atoms with van der Waals surface area (Å²) < 4.78 is 28.3. The summed E-state index contributed by atoms with van der Waals surface area (Å²) in [5, 5.41) is 1.73. The molecule has 0 bridgehead atoms. The predicted octanol–water partition coefficient (Wildman–Crippen LogP) is 2.17. The van der Waals surface area contributed by atoms with Crippen LogP contribution in [0.1, 0.15) is 32.6 Å². The molecule has 3 heterocycles. The summed E-state index contributed by atoms with van der Waals surface area (Å²) in [6, 6.07) is 4.79. The quantitative estimate of drug-likeness (QED) is 0.683. The summed E-state index contributed by atoms with van der Waals surface area (Å²) in [6.45, 7) is 3.48. The second kappa shape index (κ2) is 8.72. The van der Waals surface area contributed by atoms with Crippen LogP contribution in [-0.4, -0.2) is 66.7 Å². The molecule has 4 rings (SSSR count). The van der Waals surface area contributed by atoms with Crippen molar-refractivity contribution in [3.63, 3.8) is 0 Å². The van der Waals surface area contributed by atoms with Gasteiger partial charge >= 0.3 is 0 Å². The van der Waals surface area contributed by atoms with Gasteiger partial charge in [-0.2, -0.15) is 4.72 Å². The minimum atomic E-state index is -3.92. The molecule has 1 N–H and O–H groups in total. The third kappa shape index (κ3) is 4.53. The van der Waals surface area contributed by atoms with Crippen LogP contribution >= 0.6 is 11.6 Å². The number of sulfonamides is 1. The Balaban J connectivity index is 1.46. The van der Waals surface area contributed by atoms with Crippen LogP contribution in [0, 0.1) is 0 Å². The maximum Gasteiger partial charge on any atom is 0.245 e. The molecule has 1 aromatic heterocycles. The number of carbonyl (C=O) groups is 2. The third-order valence-electron chi connectivity index (χ3n) is 6.00. The monoisotopic (exact) mass is 464 g/mol. The van der Waals surface area contributed by atoms with Crippen LogP contribution in [0.5, 0.6) is 0 Å². The van der Waals surface area contributed by atoms with Crippen LogP contribution in [0.15, 0.2) is 35.4 Å². The van der Waals surface area contributed by atoms with Gasteiger partial charge in [0.05, 0.1) is 4.90 Å². The molecule has 1 unspecified atom stereocenters. The number of carbonyl (C=O) groups excluding carboxylic acids is 2. The molecule has 0 aliphatic carbocycles. The van der Waals surface area contributed by atoms with Gasteiger partial charge in [-0.3, -0.25) is 9.59 Å². The Morgan fingerprint density at radius 2 is 1.90 bits per heavy atom. The SMILES string of the molecule is C[C@@H](C(=O)N1CCCCC1)N1CCC(NS(=O)(=O)c2ccc3cc(Cl)ncc3c2)C1=O. The number of nitrogens with one attached hydrogen (secondary N) is 1. The van der Waals surface area contributed by atoms with Gasteiger partial charge in [0, 0.05) is 31.2 Å². The first-order chi connectivity index (χ1) is 14.8. The molecule has 1 aromatic carbocycles. The average molecular weight is 465 g/mol. The van der Waals surface area contributed by atoms with E-state index >= 15 is 0 Å². The summed E-state index contributed by atoms with van der Waals surface area (Å²) in [5.41, 5.74) is 0. The summed E-state index contributed by atoms with van der Waals surface area (Å²) >= 11 is 5.88. The van der Waals surface area contributed by atoms with E-state index in [1.54, 1.807) is 24.0 Å². The Morgan fingerprint density at radius 3 is 2.65 bits per heavy atom. The molecule has 0 radical (unpaired) electrons. The van der Waals surface area contributed by atoms with Gasteiger partial charge in [0.15, 0.2) is 0 Å². The first kappa shape index (κ1) is 22.0. The number of piperidine rings is 1. The number of pyridine rings is 1. The maximum absolute atomic E-state index is 12.9. The number of halogens is 1. The van der Waals surface area contributed by atoms with Crippen molar-refractivity contribution >= 4 is 44.2 Å². The lowest BCUT2D eigenvalue weighted by atomic mass is 10.1. The van der Waals surface area contributed by atoms with E-state index in [9.17, 15) is 18.0 Å². The maximum atomic E-state index is 12.9. The Morgan fingerprint density at radius 1 is 1.16 bits per heavy atom. The summed E-state index contributed by atoms with van der Waals surface area (Å²) in [5.74, 6) is -0.437. The Hall–Kier alpha value is -2.23. The van der Waals surface area contributed by atoms with Crippen LogP contribution in [0.4, 0.5) is 0 Å². The molecule has 0 spiro atoms. The number of benzene rings is 1. The van der Waals surface area contributed by atoms with E-state index in [2.05, 4.69) is 9.71 Å². The van der Waals surface area contributed by atoms with Crippen molar-refractivity contribution < 1.29 is 18.0 Å². The van der Waals surface area contributed by atoms with Crippen molar-refractivity contribution in [1.29, 1.82) is 0 Å². The summed E-state index contributed by atoms with van der Waals surface area (Å²) in [6.07, 6.45) is 4.89. The molecule has 10 heteroatoms. The fourth-order valence-corrected chi connectivity index (χ4v) is 5.65. The fourth-order valence-electron chi connectivity index (χ4n) is 4.22. The van der Waals surface area contributed by atoms with Gasteiger partial charge < -0.3 is 9.80 Å². The first-order valence-electron chi connectivity index (χ1n) is 10.4. The number of nitrogens with zero attached hydrogens (tertiary/aromatic N) is 3. The van der Waals surface area contributed by atoms with E-state index in [-0.39, 0.29) is 16.7 Å². The van der Waals surface area contributed by atoms with Crippen molar-refractivity contribution in [3.8, 4) is 0 Å². The van der Waals surface area contributed by atoms with E-state index in [4.69, 9.17) is 11.6 Å². The van der Waals surface area contributed by atoms with Crippen molar-refractivity contribution in [2.45, 2.75) is 49.6 Å². The Bertz CT molecular complexity index is 1120. The van der Waals surface area contributed by atoms with Crippen molar-refractivity contribution in [1.82, 2.24) is 19.5 Å². The number of hydrogen-bond donors (Lipinski definition) is 1. The standard InChI is InChI=1S/C21H25ClN4O4S/c1-14(20(27)25-8-3-2-4-9-25)26-10-7-18(21(26)28)24-31(29,30)17-6-5-15-12-19(22)23-13-16(15)11-17/h5-6,11-14,18,24H,2-4,7-10H2,1H3/t14-,18?/m0/s1. The van der Waals surface area contributed by atoms with Gasteiger partial charge in [-0.05, 0) is 56.2 Å². The molecule has 31 heavy (non-hydrogen) atoms. The lowest BCUT2D eigenvalue weighted by Gasteiger charge is -2.32. The number of amides is 2. The van der Waals surface area contributed by atoms with Crippen LogP contribution < -0.4 is 4.72 Å². The molecule has 0 saturated carbocycles. The van der Waals surface area contributed by atoms with Crippen molar-refractivity contribution in [2.24, 2.45) is 0 Å². The summed E-state index contributed by atoms with van der Waals surface area (Å²) in [7, 11) is -3.92. The Labute approximate surface area is 186 Å². The number of hydrogen-bond acceptors (Lipinski definition) is 5. The predicted molar refractivity (Wildman–Crippen MR) is 117 cm³/mol. The van der Waals surface area contributed by atoms with Crippen molar-refractivity contribution in [2.75, 3.05) is 19.6 Å². The van der Waals surface area contributed by atoms with Crippen LogP contribution in [0.2, 0.25) is 5.15 Å².